The number of nitrogens with one attached hydrogen (secondary N) is 2. The minimum absolute atomic E-state index is 0.0494. The van der Waals surface area contributed by atoms with E-state index in [0.29, 0.717) is 38.5 Å². The summed E-state index contributed by atoms with van der Waals surface area (Å²) in [5.74, 6) is 0.523. The summed E-state index contributed by atoms with van der Waals surface area (Å²) >= 11 is 0. The quantitative estimate of drug-likeness (QED) is 0.631. The van der Waals surface area contributed by atoms with Gasteiger partial charge in [0.1, 0.15) is 0 Å². The molecule has 1 saturated heterocycles. The van der Waals surface area contributed by atoms with Crippen LogP contribution in [-0.2, 0) is 14.3 Å². The van der Waals surface area contributed by atoms with Crippen LogP contribution < -0.4 is 10.6 Å². The van der Waals surface area contributed by atoms with Crippen molar-refractivity contribution < 1.29 is 19.4 Å². The predicted octanol–water partition coefficient (Wildman–Crippen LogP) is -0.194. The van der Waals surface area contributed by atoms with E-state index in [1.165, 1.54) is 0 Å². The van der Waals surface area contributed by atoms with Crippen molar-refractivity contribution in [3.63, 3.8) is 0 Å². The number of aliphatic hydroxyl groups is 1. The third-order valence-electron chi connectivity index (χ3n) is 4.14. The number of hydrogen-bond donors (Lipinski definition) is 3. The number of ether oxygens (including phenoxy) is 1. The van der Waals surface area contributed by atoms with Gasteiger partial charge in [-0.05, 0) is 12.3 Å². The Hall–Kier alpha value is -1.14. The Kier molecular flexibility index (Phi) is 4.99. The molecule has 0 aromatic carbocycles. The van der Waals surface area contributed by atoms with Gasteiger partial charge < -0.3 is 20.5 Å². The van der Waals surface area contributed by atoms with Crippen LogP contribution in [0.3, 0.4) is 0 Å². The zero-order chi connectivity index (χ0) is 14.6. The lowest BCUT2D eigenvalue weighted by atomic mass is 9.94. The maximum absolute atomic E-state index is 11.7. The summed E-state index contributed by atoms with van der Waals surface area (Å²) in [5, 5.41) is 15.7. The van der Waals surface area contributed by atoms with Gasteiger partial charge in [0.15, 0.2) is 0 Å². The van der Waals surface area contributed by atoms with E-state index < -0.39 is 5.60 Å². The molecule has 2 aliphatic rings. The van der Waals surface area contributed by atoms with Crippen molar-refractivity contribution in [1.82, 2.24) is 10.6 Å². The Balaban J connectivity index is 1.57. The van der Waals surface area contributed by atoms with Crippen molar-refractivity contribution in [2.24, 2.45) is 11.8 Å². The SMILES string of the molecule is CC1CC1C(=O)NCCC(=O)NCC1(O)CCOCC1. The van der Waals surface area contributed by atoms with E-state index in [-0.39, 0.29) is 30.7 Å². The van der Waals surface area contributed by atoms with Gasteiger partial charge in [-0.25, -0.2) is 0 Å². The molecule has 2 rings (SSSR count). The van der Waals surface area contributed by atoms with E-state index in [1.807, 2.05) is 6.92 Å². The van der Waals surface area contributed by atoms with Crippen LogP contribution in [0.4, 0.5) is 0 Å². The molecule has 0 aromatic rings. The fraction of sp³-hybridized carbons (Fsp3) is 0.857. The Bertz CT molecular complexity index is 366. The first-order valence-corrected chi connectivity index (χ1v) is 7.35. The van der Waals surface area contributed by atoms with Crippen LogP contribution in [0.1, 0.15) is 32.6 Å². The molecule has 2 amide bonds. The van der Waals surface area contributed by atoms with Gasteiger partial charge in [0.05, 0.1) is 5.60 Å². The maximum atomic E-state index is 11.7. The lowest BCUT2D eigenvalue weighted by Crippen LogP contribution is -2.47. The highest BCUT2D eigenvalue weighted by Gasteiger charge is 2.38. The predicted molar refractivity (Wildman–Crippen MR) is 72.9 cm³/mol. The van der Waals surface area contributed by atoms with Crippen LogP contribution >= 0.6 is 0 Å². The van der Waals surface area contributed by atoms with Crippen molar-refractivity contribution in [1.29, 1.82) is 0 Å². The first-order valence-electron chi connectivity index (χ1n) is 7.35. The second-order valence-electron chi connectivity index (χ2n) is 5.97. The molecule has 0 bridgehead atoms. The van der Waals surface area contributed by atoms with Crippen LogP contribution in [0, 0.1) is 11.8 Å². The van der Waals surface area contributed by atoms with Gasteiger partial charge in [-0.3, -0.25) is 9.59 Å². The average Bonchev–Trinajstić information content (AvgIpc) is 3.15. The van der Waals surface area contributed by atoms with E-state index in [9.17, 15) is 14.7 Å². The van der Waals surface area contributed by atoms with Crippen molar-refractivity contribution in [3.8, 4) is 0 Å². The van der Waals surface area contributed by atoms with Gasteiger partial charge in [-0.15, -0.1) is 0 Å². The molecule has 2 atom stereocenters. The molecule has 6 heteroatoms. The molecule has 6 nitrogen and oxygen atoms in total. The number of carbonyl (C=O) groups is 2. The molecular weight excluding hydrogens is 260 g/mol. The summed E-state index contributed by atoms with van der Waals surface area (Å²) in [6, 6.07) is 0. The van der Waals surface area contributed by atoms with E-state index in [2.05, 4.69) is 10.6 Å². The molecule has 1 saturated carbocycles. The highest BCUT2D eigenvalue weighted by molar-refractivity contribution is 5.82. The standard InChI is InChI=1S/C14H24N2O4/c1-10-8-11(10)13(18)15-5-2-12(17)16-9-14(19)3-6-20-7-4-14/h10-11,19H,2-9H2,1H3,(H,15,18)(H,16,17). The van der Waals surface area contributed by atoms with Gasteiger partial charge >= 0.3 is 0 Å². The lowest BCUT2D eigenvalue weighted by molar-refractivity contribution is -0.124. The Morgan fingerprint density at radius 3 is 2.55 bits per heavy atom. The topological polar surface area (TPSA) is 87.7 Å². The van der Waals surface area contributed by atoms with Crippen molar-refractivity contribution in [3.05, 3.63) is 0 Å². The Morgan fingerprint density at radius 2 is 1.95 bits per heavy atom. The summed E-state index contributed by atoms with van der Waals surface area (Å²) < 4.78 is 5.18. The van der Waals surface area contributed by atoms with Crippen LogP contribution in [-0.4, -0.2) is 48.8 Å². The molecule has 1 aliphatic carbocycles. The van der Waals surface area contributed by atoms with Gasteiger partial charge in [-0.2, -0.15) is 0 Å². The largest absolute Gasteiger partial charge is 0.388 e. The average molecular weight is 284 g/mol. The first kappa shape index (κ1) is 15.3. The molecule has 114 valence electrons. The molecule has 0 radical (unpaired) electrons. The first-order chi connectivity index (χ1) is 9.50. The fourth-order valence-electron chi connectivity index (χ4n) is 2.40. The Morgan fingerprint density at radius 1 is 1.30 bits per heavy atom. The van der Waals surface area contributed by atoms with Crippen molar-refractivity contribution in [2.45, 2.75) is 38.2 Å². The smallest absolute Gasteiger partial charge is 0.223 e. The third-order valence-corrected chi connectivity index (χ3v) is 4.14. The van der Waals surface area contributed by atoms with E-state index in [0.717, 1.165) is 6.42 Å². The molecule has 1 aliphatic heterocycles. The highest BCUT2D eigenvalue weighted by atomic mass is 16.5. The second-order valence-corrected chi connectivity index (χ2v) is 5.97. The molecule has 20 heavy (non-hydrogen) atoms. The van der Waals surface area contributed by atoms with Crippen LogP contribution in [0.5, 0.6) is 0 Å². The summed E-state index contributed by atoms with van der Waals surface area (Å²) in [5.41, 5.74) is -0.847. The zero-order valence-electron chi connectivity index (χ0n) is 12.0. The number of rotatable bonds is 6. The molecule has 1 heterocycles. The summed E-state index contributed by atoms with van der Waals surface area (Å²) in [6.07, 6.45) is 2.29. The lowest BCUT2D eigenvalue weighted by Gasteiger charge is -2.32. The summed E-state index contributed by atoms with van der Waals surface area (Å²) in [6.45, 7) is 3.72. The van der Waals surface area contributed by atoms with Gasteiger partial charge in [0.25, 0.3) is 0 Å². The van der Waals surface area contributed by atoms with Crippen LogP contribution in [0.15, 0.2) is 0 Å². The summed E-state index contributed by atoms with van der Waals surface area (Å²) in [4.78, 5) is 23.2. The normalized spacial score (nSPS) is 27.7. The minimum Gasteiger partial charge on any atom is -0.388 e. The van der Waals surface area contributed by atoms with Crippen LogP contribution in [0.25, 0.3) is 0 Å². The minimum atomic E-state index is -0.847. The molecule has 2 fully saturated rings. The van der Waals surface area contributed by atoms with Gasteiger partial charge in [0, 0.05) is 51.5 Å². The van der Waals surface area contributed by atoms with E-state index in [1.54, 1.807) is 0 Å². The summed E-state index contributed by atoms with van der Waals surface area (Å²) in [7, 11) is 0. The zero-order valence-corrected chi connectivity index (χ0v) is 12.0. The van der Waals surface area contributed by atoms with Crippen molar-refractivity contribution in [2.75, 3.05) is 26.3 Å². The maximum Gasteiger partial charge on any atom is 0.223 e. The molecule has 3 N–H and O–H groups in total. The highest BCUT2D eigenvalue weighted by Crippen LogP contribution is 2.37. The van der Waals surface area contributed by atoms with E-state index >= 15 is 0 Å². The van der Waals surface area contributed by atoms with Crippen LogP contribution in [0.2, 0.25) is 0 Å². The molecule has 2 unspecified atom stereocenters. The number of hydrogen-bond acceptors (Lipinski definition) is 4. The molecule has 0 aromatic heterocycles. The molecule has 0 spiro atoms. The van der Waals surface area contributed by atoms with Gasteiger partial charge in [-0.1, -0.05) is 6.92 Å². The Labute approximate surface area is 119 Å². The van der Waals surface area contributed by atoms with Crippen molar-refractivity contribution >= 4 is 11.8 Å². The monoisotopic (exact) mass is 284 g/mol. The number of carbonyl (C=O) groups excluding carboxylic acids is 2. The second kappa shape index (κ2) is 6.54. The molecular formula is C14H24N2O4. The van der Waals surface area contributed by atoms with E-state index in [4.69, 9.17) is 4.74 Å². The fourth-order valence-corrected chi connectivity index (χ4v) is 2.40. The van der Waals surface area contributed by atoms with Gasteiger partial charge in [0.2, 0.25) is 11.8 Å². The number of amides is 2. The third kappa shape index (κ3) is 4.45.